The van der Waals surface area contributed by atoms with Gasteiger partial charge in [-0.25, -0.2) is 19.6 Å². The molecule has 0 saturated heterocycles. The summed E-state index contributed by atoms with van der Waals surface area (Å²) in [5.74, 6) is -1.15. The minimum Gasteiger partial charge on any atom is -0.386 e. The molecule has 0 fully saturated rings. The van der Waals surface area contributed by atoms with Crippen LogP contribution in [0.25, 0.3) is 6.08 Å². The highest BCUT2D eigenvalue weighted by Crippen LogP contribution is 2.02. The highest BCUT2D eigenvalue weighted by atomic mass is 16.6. The topological polar surface area (TPSA) is 69.2 Å². The Bertz CT molecular complexity index is 438. The SMILES string of the molecule is C=CC(=O)OC(=O)/C(C)=C/c1ncccn1. The van der Waals surface area contributed by atoms with E-state index < -0.39 is 11.9 Å². The van der Waals surface area contributed by atoms with E-state index in [0.29, 0.717) is 5.82 Å². The third kappa shape index (κ3) is 3.45. The number of nitrogens with zero attached hydrogens (tertiary/aromatic N) is 2. The fourth-order valence-corrected chi connectivity index (χ4v) is 0.851. The number of carbonyl (C=O) groups excluding carboxylic acids is 2. The fraction of sp³-hybridized carbons (Fsp3) is 0.0909. The summed E-state index contributed by atoms with van der Waals surface area (Å²) >= 11 is 0. The largest absolute Gasteiger partial charge is 0.386 e. The van der Waals surface area contributed by atoms with Gasteiger partial charge in [0.1, 0.15) is 0 Å². The molecule has 0 aromatic carbocycles. The van der Waals surface area contributed by atoms with E-state index in [1.54, 1.807) is 18.5 Å². The van der Waals surface area contributed by atoms with Crippen LogP contribution in [0.2, 0.25) is 0 Å². The van der Waals surface area contributed by atoms with Gasteiger partial charge in [0, 0.05) is 24.0 Å². The van der Waals surface area contributed by atoms with Crippen molar-refractivity contribution in [2.45, 2.75) is 6.92 Å². The second kappa shape index (κ2) is 5.55. The molecule has 0 saturated carbocycles. The molecule has 0 aliphatic heterocycles. The molecule has 0 bridgehead atoms. The van der Waals surface area contributed by atoms with Crippen molar-refractivity contribution in [1.82, 2.24) is 9.97 Å². The quantitative estimate of drug-likeness (QED) is 0.432. The lowest BCUT2D eigenvalue weighted by atomic mass is 10.3. The number of rotatable bonds is 3. The van der Waals surface area contributed by atoms with Crippen LogP contribution in [0.5, 0.6) is 0 Å². The highest BCUT2D eigenvalue weighted by molar-refractivity contribution is 6.01. The van der Waals surface area contributed by atoms with Gasteiger partial charge in [0.25, 0.3) is 0 Å². The second-order valence-corrected chi connectivity index (χ2v) is 2.85. The van der Waals surface area contributed by atoms with E-state index >= 15 is 0 Å². The summed E-state index contributed by atoms with van der Waals surface area (Å²) in [7, 11) is 0. The summed E-state index contributed by atoms with van der Waals surface area (Å²) in [6, 6.07) is 1.66. The van der Waals surface area contributed by atoms with Crippen LogP contribution in [0.15, 0.2) is 36.7 Å². The maximum Gasteiger partial charge on any atom is 0.341 e. The zero-order valence-corrected chi connectivity index (χ0v) is 8.71. The summed E-state index contributed by atoms with van der Waals surface area (Å²) in [5.41, 5.74) is 0.237. The molecule has 0 radical (unpaired) electrons. The van der Waals surface area contributed by atoms with E-state index in [-0.39, 0.29) is 5.57 Å². The van der Waals surface area contributed by atoms with Crippen molar-refractivity contribution in [2.24, 2.45) is 0 Å². The van der Waals surface area contributed by atoms with Crippen molar-refractivity contribution in [1.29, 1.82) is 0 Å². The molecule has 16 heavy (non-hydrogen) atoms. The van der Waals surface area contributed by atoms with Gasteiger partial charge < -0.3 is 4.74 Å². The number of hydrogen-bond donors (Lipinski definition) is 0. The van der Waals surface area contributed by atoms with Gasteiger partial charge in [-0.3, -0.25) is 0 Å². The predicted molar refractivity (Wildman–Crippen MR) is 57.0 cm³/mol. The first-order chi connectivity index (χ1) is 7.63. The van der Waals surface area contributed by atoms with Gasteiger partial charge in [0.15, 0.2) is 5.82 Å². The first kappa shape index (κ1) is 11.8. The maximum absolute atomic E-state index is 11.3. The van der Waals surface area contributed by atoms with Crippen LogP contribution in [-0.2, 0) is 14.3 Å². The number of aromatic nitrogens is 2. The minimum absolute atomic E-state index is 0.237. The van der Waals surface area contributed by atoms with E-state index in [0.717, 1.165) is 6.08 Å². The van der Waals surface area contributed by atoms with Gasteiger partial charge in [-0.05, 0) is 19.1 Å². The number of hydrogen-bond acceptors (Lipinski definition) is 5. The van der Waals surface area contributed by atoms with Crippen molar-refractivity contribution in [3.05, 3.63) is 42.5 Å². The van der Waals surface area contributed by atoms with Crippen LogP contribution in [0.3, 0.4) is 0 Å². The zero-order valence-electron chi connectivity index (χ0n) is 8.71. The van der Waals surface area contributed by atoms with E-state index in [2.05, 4.69) is 21.3 Å². The summed E-state index contributed by atoms with van der Waals surface area (Å²) < 4.78 is 4.41. The molecule has 1 aromatic heterocycles. The molecule has 0 spiro atoms. The monoisotopic (exact) mass is 218 g/mol. The van der Waals surface area contributed by atoms with Crippen LogP contribution in [-0.4, -0.2) is 21.9 Å². The van der Waals surface area contributed by atoms with Gasteiger partial charge >= 0.3 is 11.9 Å². The molecule has 0 aliphatic rings. The van der Waals surface area contributed by atoms with Gasteiger partial charge in [0.2, 0.25) is 0 Å². The van der Waals surface area contributed by atoms with Crippen molar-refractivity contribution in [3.63, 3.8) is 0 Å². The molecule has 5 nitrogen and oxygen atoms in total. The second-order valence-electron chi connectivity index (χ2n) is 2.85. The van der Waals surface area contributed by atoms with Crippen molar-refractivity contribution in [3.8, 4) is 0 Å². The minimum atomic E-state index is -0.785. The standard InChI is InChI=1S/C11H10N2O3/c1-3-10(14)16-11(15)8(2)7-9-12-5-4-6-13-9/h3-7H,1H2,2H3/b8-7+. The summed E-state index contributed by atoms with van der Waals surface area (Å²) in [6.07, 6.45) is 5.45. The Kier molecular flexibility index (Phi) is 4.08. The molecule has 0 amide bonds. The smallest absolute Gasteiger partial charge is 0.341 e. The molecule has 0 unspecified atom stereocenters. The van der Waals surface area contributed by atoms with Gasteiger partial charge in [0.05, 0.1) is 0 Å². The summed E-state index contributed by atoms with van der Waals surface area (Å²) in [5, 5.41) is 0. The summed E-state index contributed by atoms with van der Waals surface area (Å²) in [6.45, 7) is 4.70. The Morgan fingerprint density at radius 3 is 2.56 bits per heavy atom. The molecule has 0 aliphatic carbocycles. The molecular weight excluding hydrogens is 208 g/mol. The lowest BCUT2D eigenvalue weighted by Gasteiger charge is -1.99. The van der Waals surface area contributed by atoms with Crippen LogP contribution in [0.4, 0.5) is 0 Å². The molecule has 82 valence electrons. The van der Waals surface area contributed by atoms with Crippen molar-refractivity contribution >= 4 is 18.0 Å². The zero-order chi connectivity index (χ0) is 12.0. The normalized spacial score (nSPS) is 10.7. The lowest BCUT2D eigenvalue weighted by Crippen LogP contribution is -2.10. The third-order valence-electron chi connectivity index (χ3n) is 1.61. The van der Waals surface area contributed by atoms with Crippen molar-refractivity contribution < 1.29 is 14.3 Å². The van der Waals surface area contributed by atoms with E-state index in [4.69, 9.17) is 0 Å². The van der Waals surface area contributed by atoms with Gasteiger partial charge in [-0.2, -0.15) is 0 Å². The van der Waals surface area contributed by atoms with Crippen molar-refractivity contribution in [2.75, 3.05) is 0 Å². The molecule has 1 rings (SSSR count). The Labute approximate surface area is 92.5 Å². The van der Waals surface area contributed by atoms with E-state index in [9.17, 15) is 9.59 Å². The molecule has 0 atom stereocenters. The Hall–Kier alpha value is -2.30. The highest BCUT2D eigenvalue weighted by Gasteiger charge is 2.09. The Balaban J connectivity index is 2.74. The van der Waals surface area contributed by atoms with Gasteiger partial charge in [-0.1, -0.05) is 6.58 Å². The predicted octanol–water partition coefficient (Wildman–Crippen LogP) is 1.14. The van der Waals surface area contributed by atoms with Crippen LogP contribution < -0.4 is 0 Å². The Morgan fingerprint density at radius 2 is 2.00 bits per heavy atom. The van der Waals surface area contributed by atoms with Crippen LogP contribution in [0, 0.1) is 0 Å². The molecular formula is C11H10N2O3. The number of carbonyl (C=O) groups is 2. The number of ether oxygens (including phenoxy) is 1. The molecule has 1 aromatic rings. The third-order valence-corrected chi connectivity index (χ3v) is 1.61. The van der Waals surface area contributed by atoms with Crippen LogP contribution >= 0.6 is 0 Å². The van der Waals surface area contributed by atoms with E-state index in [1.807, 2.05) is 0 Å². The lowest BCUT2D eigenvalue weighted by molar-refractivity contribution is -0.153. The average Bonchev–Trinajstić information content (AvgIpc) is 2.30. The maximum atomic E-state index is 11.3. The van der Waals surface area contributed by atoms with Crippen LogP contribution in [0.1, 0.15) is 12.7 Å². The number of esters is 2. The molecule has 1 heterocycles. The average molecular weight is 218 g/mol. The van der Waals surface area contributed by atoms with Gasteiger partial charge in [-0.15, -0.1) is 0 Å². The first-order valence-electron chi connectivity index (χ1n) is 4.47. The Morgan fingerprint density at radius 1 is 1.38 bits per heavy atom. The van der Waals surface area contributed by atoms with E-state index in [1.165, 1.54) is 13.0 Å². The fourth-order valence-electron chi connectivity index (χ4n) is 0.851. The summed E-state index contributed by atoms with van der Waals surface area (Å²) in [4.78, 5) is 29.9. The molecule has 5 heteroatoms. The first-order valence-corrected chi connectivity index (χ1v) is 4.47. The molecule has 0 N–H and O–H groups in total.